The fourth-order valence-electron chi connectivity index (χ4n) is 2.03. The number of rotatable bonds is 5. The first kappa shape index (κ1) is 12.8. The van der Waals surface area contributed by atoms with Crippen molar-refractivity contribution in [3.63, 3.8) is 0 Å². The fraction of sp³-hybridized carbons (Fsp3) is 0.500. The van der Waals surface area contributed by atoms with E-state index in [1.807, 2.05) is 31.2 Å². The largest absolute Gasteiger partial charge is 0.481 e. The molecule has 1 unspecified atom stereocenters. The van der Waals surface area contributed by atoms with Gasteiger partial charge >= 0.3 is 5.97 Å². The van der Waals surface area contributed by atoms with Crippen LogP contribution in [0.25, 0.3) is 0 Å². The molecule has 1 atom stereocenters. The summed E-state index contributed by atoms with van der Waals surface area (Å²) in [7, 11) is 0. The molecule has 0 aliphatic carbocycles. The summed E-state index contributed by atoms with van der Waals surface area (Å²) < 4.78 is 0. The minimum absolute atomic E-state index is 0.366. The highest BCUT2D eigenvalue weighted by atomic mass is 16.4. The SMILES string of the molecule is CCC(C(=O)O)c1ccccc1CC(C)C. The first-order chi connectivity index (χ1) is 7.56. The number of hydrogen-bond acceptors (Lipinski definition) is 1. The zero-order chi connectivity index (χ0) is 12.1. The summed E-state index contributed by atoms with van der Waals surface area (Å²) in [5.74, 6) is -0.541. The number of benzene rings is 1. The molecule has 1 rings (SSSR count). The highest BCUT2D eigenvalue weighted by Crippen LogP contribution is 2.25. The molecule has 0 aliphatic heterocycles. The summed E-state index contributed by atoms with van der Waals surface area (Å²) in [5.41, 5.74) is 2.15. The zero-order valence-electron chi connectivity index (χ0n) is 10.2. The molecule has 0 spiro atoms. The van der Waals surface area contributed by atoms with Crippen molar-refractivity contribution in [3.8, 4) is 0 Å². The minimum atomic E-state index is -0.723. The number of carbonyl (C=O) groups is 1. The summed E-state index contributed by atoms with van der Waals surface area (Å²) in [6.45, 7) is 6.22. The highest BCUT2D eigenvalue weighted by Gasteiger charge is 2.20. The van der Waals surface area contributed by atoms with Gasteiger partial charge in [-0.1, -0.05) is 45.0 Å². The average molecular weight is 220 g/mol. The van der Waals surface area contributed by atoms with E-state index < -0.39 is 5.97 Å². The third-order valence-corrected chi connectivity index (χ3v) is 2.77. The van der Waals surface area contributed by atoms with Crippen molar-refractivity contribution < 1.29 is 9.90 Å². The lowest BCUT2D eigenvalue weighted by molar-refractivity contribution is -0.138. The molecule has 0 heterocycles. The second kappa shape index (κ2) is 5.69. The van der Waals surface area contributed by atoms with Crippen molar-refractivity contribution in [3.05, 3.63) is 35.4 Å². The first-order valence-corrected chi connectivity index (χ1v) is 5.86. The lowest BCUT2D eigenvalue weighted by Crippen LogP contribution is -2.13. The Hall–Kier alpha value is -1.31. The van der Waals surface area contributed by atoms with E-state index in [0.29, 0.717) is 12.3 Å². The number of carboxylic acids is 1. The van der Waals surface area contributed by atoms with Crippen LogP contribution in [0.4, 0.5) is 0 Å². The Morgan fingerprint density at radius 2 is 1.94 bits per heavy atom. The third kappa shape index (κ3) is 3.09. The lowest BCUT2D eigenvalue weighted by Gasteiger charge is -2.16. The Morgan fingerprint density at radius 1 is 1.31 bits per heavy atom. The maximum Gasteiger partial charge on any atom is 0.310 e. The van der Waals surface area contributed by atoms with Gasteiger partial charge in [-0.3, -0.25) is 4.79 Å². The Bertz CT molecular complexity index is 356. The molecule has 2 nitrogen and oxygen atoms in total. The molecule has 0 amide bonds. The predicted octanol–water partition coefficient (Wildman–Crippen LogP) is 3.46. The van der Waals surface area contributed by atoms with E-state index in [9.17, 15) is 9.90 Å². The summed E-state index contributed by atoms with van der Waals surface area (Å²) >= 11 is 0. The van der Waals surface area contributed by atoms with E-state index in [2.05, 4.69) is 13.8 Å². The molecule has 0 bridgehead atoms. The number of hydrogen-bond donors (Lipinski definition) is 1. The average Bonchev–Trinajstić information content (AvgIpc) is 2.20. The van der Waals surface area contributed by atoms with E-state index in [1.54, 1.807) is 0 Å². The van der Waals surface area contributed by atoms with Crippen molar-refractivity contribution in [2.75, 3.05) is 0 Å². The van der Waals surface area contributed by atoms with Crippen LogP contribution in [-0.2, 0) is 11.2 Å². The molecular formula is C14H20O2. The van der Waals surface area contributed by atoms with Gasteiger partial charge in [0.05, 0.1) is 5.92 Å². The topological polar surface area (TPSA) is 37.3 Å². The normalized spacial score (nSPS) is 12.8. The van der Waals surface area contributed by atoms with Crippen LogP contribution in [-0.4, -0.2) is 11.1 Å². The second-order valence-electron chi connectivity index (χ2n) is 4.60. The molecule has 0 saturated carbocycles. The van der Waals surface area contributed by atoms with Gasteiger partial charge < -0.3 is 5.11 Å². The molecule has 2 heteroatoms. The summed E-state index contributed by atoms with van der Waals surface area (Å²) in [6, 6.07) is 7.89. The van der Waals surface area contributed by atoms with Gasteiger partial charge in [0, 0.05) is 0 Å². The van der Waals surface area contributed by atoms with Crippen LogP contribution >= 0.6 is 0 Å². The van der Waals surface area contributed by atoms with E-state index in [0.717, 1.165) is 12.0 Å². The van der Waals surface area contributed by atoms with Gasteiger partial charge in [0.25, 0.3) is 0 Å². The maximum absolute atomic E-state index is 11.2. The van der Waals surface area contributed by atoms with Crippen molar-refractivity contribution in [2.24, 2.45) is 5.92 Å². The first-order valence-electron chi connectivity index (χ1n) is 5.86. The number of carboxylic acid groups (broad SMARTS) is 1. The molecule has 1 aromatic carbocycles. The van der Waals surface area contributed by atoms with Crippen LogP contribution in [0.5, 0.6) is 0 Å². The van der Waals surface area contributed by atoms with Crippen LogP contribution < -0.4 is 0 Å². The van der Waals surface area contributed by atoms with Crippen LogP contribution in [0.2, 0.25) is 0 Å². The van der Waals surface area contributed by atoms with Gasteiger partial charge in [0.1, 0.15) is 0 Å². The minimum Gasteiger partial charge on any atom is -0.481 e. The standard InChI is InChI=1S/C14H20O2/c1-4-12(14(15)16)13-8-6-5-7-11(13)9-10(2)3/h5-8,10,12H,4,9H2,1-3H3,(H,15,16). The molecule has 16 heavy (non-hydrogen) atoms. The van der Waals surface area contributed by atoms with E-state index in [4.69, 9.17) is 0 Å². The summed E-state index contributed by atoms with van der Waals surface area (Å²) in [5, 5.41) is 9.19. The smallest absolute Gasteiger partial charge is 0.310 e. The molecule has 0 radical (unpaired) electrons. The van der Waals surface area contributed by atoms with Crippen LogP contribution in [0, 0.1) is 5.92 Å². The summed E-state index contributed by atoms with van der Waals surface area (Å²) in [6.07, 6.45) is 1.59. The van der Waals surface area contributed by atoms with Gasteiger partial charge in [0.2, 0.25) is 0 Å². The molecule has 0 saturated heterocycles. The van der Waals surface area contributed by atoms with Crippen molar-refractivity contribution in [2.45, 2.75) is 39.5 Å². The van der Waals surface area contributed by atoms with E-state index >= 15 is 0 Å². The van der Waals surface area contributed by atoms with Gasteiger partial charge in [-0.05, 0) is 29.9 Å². The van der Waals surface area contributed by atoms with Gasteiger partial charge in [-0.15, -0.1) is 0 Å². The fourth-order valence-corrected chi connectivity index (χ4v) is 2.03. The highest BCUT2D eigenvalue weighted by molar-refractivity contribution is 5.76. The molecule has 0 aromatic heterocycles. The quantitative estimate of drug-likeness (QED) is 0.825. The third-order valence-electron chi connectivity index (χ3n) is 2.77. The molecular weight excluding hydrogens is 200 g/mol. The van der Waals surface area contributed by atoms with E-state index in [-0.39, 0.29) is 5.92 Å². The molecule has 1 aromatic rings. The van der Waals surface area contributed by atoms with Crippen LogP contribution in [0.3, 0.4) is 0 Å². The Balaban J connectivity index is 3.05. The van der Waals surface area contributed by atoms with Gasteiger partial charge in [0.15, 0.2) is 0 Å². The lowest BCUT2D eigenvalue weighted by atomic mass is 9.88. The zero-order valence-corrected chi connectivity index (χ0v) is 10.2. The van der Waals surface area contributed by atoms with Gasteiger partial charge in [-0.25, -0.2) is 0 Å². The number of aliphatic carboxylic acids is 1. The Labute approximate surface area is 97.3 Å². The maximum atomic E-state index is 11.2. The van der Waals surface area contributed by atoms with Crippen LogP contribution in [0.15, 0.2) is 24.3 Å². The van der Waals surface area contributed by atoms with Crippen LogP contribution in [0.1, 0.15) is 44.2 Å². The predicted molar refractivity (Wildman–Crippen MR) is 65.7 cm³/mol. The monoisotopic (exact) mass is 220 g/mol. The summed E-state index contributed by atoms with van der Waals surface area (Å²) in [4.78, 5) is 11.2. The Morgan fingerprint density at radius 3 is 2.44 bits per heavy atom. The van der Waals surface area contributed by atoms with E-state index in [1.165, 1.54) is 5.56 Å². The van der Waals surface area contributed by atoms with Crippen molar-refractivity contribution in [1.82, 2.24) is 0 Å². The van der Waals surface area contributed by atoms with Crippen molar-refractivity contribution in [1.29, 1.82) is 0 Å². The molecule has 0 fully saturated rings. The Kier molecular flexibility index (Phi) is 4.53. The second-order valence-corrected chi connectivity index (χ2v) is 4.60. The molecule has 0 aliphatic rings. The molecule has 1 N–H and O–H groups in total. The van der Waals surface area contributed by atoms with Crippen molar-refractivity contribution >= 4 is 5.97 Å². The molecule has 88 valence electrons. The van der Waals surface area contributed by atoms with Gasteiger partial charge in [-0.2, -0.15) is 0 Å².